The number of hydrogen-bond acceptors (Lipinski definition) is 4. The molecular formula is C13H8BrClF2N2O2. The lowest BCUT2D eigenvalue weighted by Gasteiger charge is -2.10. The van der Waals surface area contributed by atoms with E-state index in [1.807, 2.05) is 0 Å². The zero-order valence-corrected chi connectivity index (χ0v) is 12.9. The Balaban J connectivity index is 2.71. The number of carbonyl (C=O) groups is 1. The van der Waals surface area contributed by atoms with Crippen LogP contribution in [0.3, 0.4) is 0 Å². The number of rotatable bonds is 2. The molecule has 0 aliphatic heterocycles. The number of methoxy groups -OCH3 is 1. The van der Waals surface area contributed by atoms with Gasteiger partial charge in [0, 0.05) is 5.56 Å². The maximum Gasteiger partial charge on any atom is 0.358 e. The molecule has 0 aliphatic rings. The lowest BCUT2D eigenvalue weighted by Crippen LogP contribution is -2.10. The van der Waals surface area contributed by atoms with E-state index in [1.165, 1.54) is 12.1 Å². The van der Waals surface area contributed by atoms with Crippen molar-refractivity contribution in [3.05, 3.63) is 45.0 Å². The summed E-state index contributed by atoms with van der Waals surface area (Å²) in [4.78, 5) is 15.4. The van der Waals surface area contributed by atoms with Gasteiger partial charge in [-0.05, 0) is 28.1 Å². The predicted octanol–water partition coefficient (Wildman–Crippen LogP) is 3.81. The highest BCUT2D eigenvalue weighted by molar-refractivity contribution is 9.10. The van der Waals surface area contributed by atoms with Crippen LogP contribution < -0.4 is 5.73 Å². The Morgan fingerprint density at radius 1 is 1.43 bits per heavy atom. The summed E-state index contributed by atoms with van der Waals surface area (Å²) in [6.07, 6.45) is 0. The average molecular weight is 378 g/mol. The first-order valence-electron chi connectivity index (χ1n) is 5.55. The van der Waals surface area contributed by atoms with Crippen molar-refractivity contribution >= 4 is 39.2 Å². The number of nitrogen functional groups attached to an aromatic ring is 1. The quantitative estimate of drug-likeness (QED) is 0.808. The third-order valence-corrected chi connectivity index (χ3v) is 3.71. The second kappa shape index (κ2) is 5.95. The molecule has 2 aromatic rings. The van der Waals surface area contributed by atoms with E-state index in [1.54, 1.807) is 0 Å². The summed E-state index contributed by atoms with van der Waals surface area (Å²) in [5, 5.41) is -0.347. The Labute approximate surface area is 132 Å². The minimum absolute atomic E-state index is 0.113. The summed E-state index contributed by atoms with van der Waals surface area (Å²) in [6.45, 7) is 0. The van der Waals surface area contributed by atoms with Crippen LogP contribution in [0.5, 0.6) is 0 Å². The molecule has 1 aromatic heterocycles. The summed E-state index contributed by atoms with van der Waals surface area (Å²) in [6, 6.07) is 3.87. The Hall–Kier alpha value is -1.73. The molecule has 21 heavy (non-hydrogen) atoms. The maximum atomic E-state index is 14.2. The molecule has 8 heteroatoms. The van der Waals surface area contributed by atoms with Gasteiger partial charge >= 0.3 is 5.97 Å². The molecule has 4 nitrogen and oxygen atoms in total. The molecule has 0 unspecified atom stereocenters. The number of benzene rings is 1. The van der Waals surface area contributed by atoms with Crippen molar-refractivity contribution in [3.63, 3.8) is 0 Å². The fourth-order valence-corrected chi connectivity index (χ4v) is 2.08. The number of nitrogens with zero attached hydrogens (tertiary/aromatic N) is 1. The number of esters is 1. The van der Waals surface area contributed by atoms with Crippen LogP contribution in [-0.2, 0) is 4.74 Å². The summed E-state index contributed by atoms with van der Waals surface area (Å²) in [7, 11) is 1.12. The molecule has 0 saturated heterocycles. The molecule has 2 N–H and O–H groups in total. The zero-order valence-electron chi connectivity index (χ0n) is 10.6. The first-order valence-corrected chi connectivity index (χ1v) is 6.72. The summed E-state index contributed by atoms with van der Waals surface area (Å²) < 4.78 is 32.4. The SMILES string of the molecule is COC(=O)c1nc(-c2ccc(Br)c(F)c2)c(F)c(N)c1Cl. The monoisotopic (exact) mass is 376 g/mol. The fraction of sp³-hybridized carbons (Fsp3) is 0.0769. The average Bonchev–Trinajstić information content (AvgIpc) is 2.47. The maximum absolute atomic E-state index is 14.2. The van der Waals surface area contributed by atoms with Crippen molar-refractivity contribution in [3.8, 4) is 11.3 Å². The number of ether oxygens (including phenoxy) is 1. The number of hydrogen-bond donors (Lipinski definition) is 1. The minimum Gasteiger partial charge on any atom is -0.464 e. The predicted molar refractivity (Wildman–Crippen MR) is 78.1 cm³/mol. The van der Waals surface area contributed by atoms with Gasteiger partial charge < -0.3 is 10.5 Å². The number of anilines is 1. The van der Waals surface area contributed by atoms with Crippen LogP contribution in [0, 0.1) is 11.6 Å². The van der Waals surface area contributed by atoms with Gasteiger partial charge in [0.2, 0.25) is 0 Å². The molecule has 0 saturated carbocycles. The first kappa shape index (κ1) is 15.7. The Morgan fingerprint density at radius 3 is 2.67 bits per heavy atom. The zero-order chi connectivity index (χ0) is 15.7. The van der Waals surface area contributed by atoms with E-state index in [0.717, 1.165) is 13.2 Å². The Bertz CT molecular complexity index is 741. The van der Waals surface area contributed by atoms with Gasteiger partial charge in [0.05, 0.1) is 22.3 Å². The molecule has 0 atom stereocenters. The molecule has 0 amide bonds. The second-order valence-electron chi connectivity index (χ2n) is 3.97. The molecule has 0 bridgehead atoms. The van der Waals surface area contributed by atoms with Crippen LogP contribution in [0.4, 0.5) is 14.5 Å². The third kappa shape index (κ3) is 2.84. The van der Waals surface area contributed by atoms with E-state index in [0.29, 0.717) is 0 Å². The largest absolute Gasteiger partial charge is 0.464 e. The second-order valence-corrected chi connectivity index (χ2v) is 5.20. The van der Waals surface area contributed by atoms with Gasteiger partial charge in [-0.2, -0.15) is 0 Å². The van der Waals surface area contributed by atoms with Crippen LogP contribution in [0.15, 0.2) is 22.7 Å². The third-order valence-electron chi connectivity index (χ3n) is 2.68. The molecule has 1 aromatic carbocycles. The van der Waals surface area contributed by atoms with Gasteiger partial charge in [0.15, 0.2) is 11.5 Å². The normalized spacial score (nSPS) is 10.5. The molecular weight excluding hydrogens is 370 g/mol. The molecule has 0 aliphatic carbocycles. The molecule has 0 fully saturated rings. The smallest absolute Gasteiger partial charge is 0.358 e. The van der Waals surface area contributed by atoms with E-state index in [-0.39, 0.29) is 26.4 Å². The molecule has 0 spiro atoms. The minimum atomic E-state index is -0.936. The summed E-state index contributed by atoms with van der Waals surface area (Å²) >= 11 is 8.76. The van der Waals surface area contributed by atoms with Gasteiger partial charge in [-0.3, -0.25) is 0 Å². The van der Waals surface area contributed by atoms with E-state index in [9.17, 15) is 13.6 Å². The van der Waals surface area contributed by atoms with Crippen molar-refractivity contribution in [2.24, 2.45) is 0 Å². The topological polar surface area (TPSA) is 65.2 Å². The highest BCUT2D eigenvalue weighted by Crippen LogP contribution is 2.33. The Morgan fingerprint density at radius 2 is 2.10 bits per heavy atom. The van der Waals surface area contributed by atoms with Gasteiger partial charge in [-0.1, -0.05) is 17.7 Å². The highest BCUT2D eigenvalue weighted by Gasteiger charge is 2.23. The van der Waals surface area contributed by atoms with Crippen molar-refractivity contribution in [1.82, 2.24) is 4.98 Å². The summed E-state index contributed by atoms with van der Waals surface area (Å²) in [5.74, 6) is -2.42. The van der Waals surface area contributed by atoms with Crippen LogP contribution in [0.1, 0.15) is 10.5 Å². The van der Waals surface area contributed by atoms with Crippen LogP contribution in [-0.4, -0.2) is 18.1 Å². The molecule has 1 heterocycles. The molecule has 0 radical (unpaired) electrons. The van der Waals surface area contributed by atoms with Crippen LogP contribution in [0.2, 0.25) is 5.02 Å². The van der Waals surface area contributed by atoms with Gasteiger partial charge in [0.25, 0.3) is 0 Å². The van der Waals surface area contributed by atoms with Crippen LogP contribution in [0.25, 0.3) is 11.3 Å². The lowest BCUT2D eigenvalue weighted by molar-refractivity contribution is 0.0594. The number of pyridine rings is 1. The number of aromatic nitrogens is 1. The number of halogens is 4. The lowest BCUT2D eigenvalue weighted by atomic mass is 10.1. The fourth-order valence-electron chi connectivity index (χ4n) is 1.63. The summed E-state index contributed by atoms with van der Waals surface area (Å²) in [5.41, 5.74) is 4.56. The highest BCUT2D eigenvalue weighted by atomic mass is 79.9. The van der Waals surface area contributed by atoms with Crippen molar-refractivity contribution in [1.29, 1.82) is 0 Å². The number of carbonyl (C=O) groups excluding carboxylic acids is 1. The van der Waals surface area contributed by atoms with E-state index >= 15 is 0 Å². The standard InChI is InChI=1S/C13H8BrClF2N2O2/c1-21-13(20)12-8(15)10(18)9(17)11(19-12)5-2-3-6(14)7(16)4-5/h2-4H,1H3,(H2,18,19). The number of nitrogens with two attached hydrogens (primary N) is 1. The van der Waals surface area contributed by atoms with Gasteiger partial charge in [-0.15, -0.1) is 0 Å². The Kier molecular flexibility index (Phi) is 4.43. The van der Waals surface area contributed by atoms with Crippen molar-refractivity contribution < 1.29 is 18.3 Å². The van der Waals surface area contributed by atoms with Crippen molar-refractivity contribution in [2.75, 3.05) is 12.8 Å². The van der Waals surface area contributed by atoms with E-state index < -0.39 is 23.3 Å². The van der Waals surface area contributed by atoms with Gasteiger partial charge in [-0.25, -0.2) is 18.6 Å². The van der Waals surface area contributed by atoms with E-state index in [2.05, 4.69) is 25.7 Å². The first-order chi connectivity index (χ1) is 9.86. The van der Waals surface area contributed by atoms with Gasteiger partial charge in [0.1, 0.15) is 11.5 Å². The van der Waals surface area contributed by atoms with Crippen molar-refractivity contribution in [2.45, 2.75) is 0 Å². The van der Waals surface area contributed by atoms with E-state index in [4.69, 9.17) is 17.3 Å². The molecule has 2 rings (SSSR count). The van der Waals surface area contributed by atoms with Crippen LogP contribution >= 0.6 is 27.5 Å². The molecule has 110 valence electrons.